The maximum atomic E-state index is 12.3. The Hall–Kier alpha value is -1.54. The van der Waals surface area contributed by atoms with Crippen molar-refractivity contribution in [2.45, 2.75) is 31.7 Å². The third-order valence-corrected chi connectivity index (χ3v) is 3.99. The van der Waals surface area contributed by atoms with E-state index in [2.05, 4.69) is 14.9 Å². The zero-order valence-electron chi connectivity index (χ0n) is 12.1. The highest BCUT2D eigenvalue weighted by atomic mass is 32.1. The van der Waals surface area contributed by atoms with Gasteiger partial charge in [0, 0.05) is 25.1 Å². The van der Waals surface area contributed by atoms with Crippen LogP contribution in [0.25, 0.3) is 0 Å². The lowest BCUT2D eigenvalue weighted by atomic mass is 10.2. The Labute approximate surface area is 127 Å². The van der Waals surface area contributed by atoms with Gasteiger partial charge < -0.3 is 15.0 Å². The van der Waals surface area contributed by atoms with Crippen molar-refractivity contribution in [2.75, 3.05) is 26.8 Å². The molecule has 0 atom stereocenters. The molecule has 2 amide bonds. The molecule has 1 aliphatic carbocycles. The minimum Gasteiger partial charge on any atom is -0.383 e. The number of methoxy groups -OCH3 is 1. The van der Waals surface area contributed by atoms with Crippen LogP contribution in [-0.4, -0.2) is 59.1 Å². The Morgan fingerprint density at radius 3 is 2.86 bits per heavy atom. The van der Waals surface area contributed by atoms with E-state index in [1.165, 1.54) is 4.90 Å². The smallest absolute Gasteiger partial charge is 0.275 e. The molecule has 2 rings (SSSR count). The van der Waals surface area contributed by atoms with Gasteiger partial charge in [0.2, 0.25) is 5.91 Å². The monoisotopic (exact) mass is 312 g/mol. The minimum absolute atomic E-state index is 0.0240. The number of aromatic nitrogens is 2. The molecule has 1 fully saturated rings. The largest absolute Gasteiger partial charge is 0.383 e. The summed E-state index contributed by atoms with van der Waals surface area (Å²) in [6.45, 7) is 0.751. The van der Waals surface area contributed by atoms with E-state index in [0.29, 0.717) is 13.2 Å². The highest BCUT2D eigenvalue weighted by Crippen LogP contribution is 2.17. The van der Waals surface area contributed by atoms with Crippen molar-refractivity contribution in [3.8, 4) is 0 Å². The number of hydrogen-bond acceptors (Lipinski definition) is 6. The second kappa shape index (κ2) is 8.04. The summed E-state index contributed by atoms with van der Waals surface area (Å²) in [6.07, 6.45) is 4.35. The second-order valence-corrected chi connectivity index (χ2v) is 5.67. The zero-order valence-corrected chi connectivity index (χ0v) is 12.9. The number of amides is 2. The first kappa shape index (κ1) is 15.8. The van der Waals surface area contributed by atoms with E-state index < -0.39 is 0 Å². The lowest BCUT2D eigenvalue weighted by molar-refractivity contribution is -0.122. The average molecular weight is 312 g/mol. The molecule has 0 radical (unpaired) electrons. The van der Waals surface area contributed by atoms with Crippen molar-refractivity contribution in [3.63, 3.8) is 0 Å². The maximum Gasteiger partial charge on any atom is 0.275 e. The lowest BCUT2D eigenvalue weighted by Crippen LogP contribution is -2.44. The minimum atomic E-state index is -0.289. The van der Waals surface area contributed by atoms with Gasteiger partial charge in [0.05, 0.1) is 13.2 Å². The molecule has 116 valence electrons. The van der Waals surface area contributed by atoms with Crippen molar-refractivity contribution >= 4 is 23.3 Å². The molecule has 0 aromatic carbocycles. The van der Waals surface area contributed by atoms with Crippen LogP contribution in [0.15, 0.2) is 5.38 Å². The SMILES string of the molecule is COCCN(CC(=O)NC1CCCC1)C(=O)c1csnn1. The van der Waals surface area contributed by atoms with Crippen LogP contribution in [0.3, 0.4) is 0 Å². The van der Waals surface area contributed by atoms with Gasteiger partial charge >= 0.3 is 0 Å². The van der Waals surface area contributed by atoms with Crippen LogP contribution in [0.4, 0.5) is 0 Å². The summed E-state index contributed by atoms with van der Waals surface area (Å²) in [5.41, 5.74) is 0.268. The molecule has 1 aromatic heterocycles. The van der Waals surface area contributed by atoms with Crippen molar-refractivity contribution in [1.29, 1.82) is 0 Å². The number of nitrogens with one attached hydrogen (secondary N) is 1. The van der Waals surface area contributed by atoms with E-state index in [9.17, 15) is 9.59 Å². The van der Waals surface area contributed by atoms with Crippen LogP contribution in [0.2, 0.25) is 0 Å². The van der Waals surface area contributed by atoms with Crippen LogP contribution >= 0.6 is 11.5 Å². The molecule has 1 saturated carbocycles. The fourth-order valence-corrected chi connectivity index (χ4v) is 2.82. The molecular formula is C13H20N4O3S. The molecule has 0 bridgehead atoms. The first-order valence-corrected chi connectivity index (χ1v) is 7.89. The molecule has 21 heavy (non-hydrogen) atoms. The number of hydrogen-bond donors (Lipinski definition) is 1. The number of nitrogens with zero attached hydrogens (tertiary/aromatic N) is 3. The Morgan fingerprint density at radius 1 is 1.48 bits per heavy atom. The summed E-state index contributed by atoms with van der Waals surface area (Å²) in [6, 6.07) is 0.248. The van der Waals surface area contributed by atoms with E-state index in [0.717, 1.165) is 37.2 Å². The summed E-state index contributed by atoms with van der Waals surface area (Å²) in [5, 5.41) is 8.32. The molecule has 1 N–H and O–H groups in total. The molecule has 0 aliphatic heterocycles. The van der Waals surface area contributed by atoms with E-state index in [1.54, 1.807) is 12.5 Å². The quantitative estimate of drug-likeness (QED) is 0.800. The van der Waals surface area contributed by atoms with Gasteiger partial charge in [0.1, 0.15) is 0 Å². The number of carbonyl (C=O) groups is 2. The molecule has 8 heteroatoms. The lowest BCUT2D eigenvalue weighted by Gasteiger charge is -2.22. The molecule has 1 aliphatic rings. The van der Waals surface area contributed by atoms with Gasteiger partial charge in [0.15, 0.2) is 5.69 Å². The third-order valence-electron chi connectivity index (χ3n) is 3.49. The van der Waals surface area contributed by atoms with E-state index in [-0.39, 0.29) is 30.1 Å². The highest BCUT2D eigenvalue weighted by molar-refractivity contribution is 7.03. The Kier molecular flexibility index (Phi) is 6.06. The molecule has 0 saturated heterocycles. The van der Waals surface area contributed by atoms with Crippen molar-refractivity contribution in [1.82, 2.24) is 19.8 Å². The van der Waals surface area contributed by atoms with Crippen LogP contribution in [-0.2, 0) is 9.53 Å². The van der Waals surface area contributed by atoms with Crippen LogP contribution in [0, 0.1) is 0 Å². The van der Waals surface area contributed by atoms with Gasteiger partial charge in [-0.25, -0.2) is 0 Å². The van der Waals surface area contributed by atoms with Crippen LogP contribution in [0.1, 0.15) is 36.2 Å². The van der Waals surface area contributed by atoms with Crippen molar-refractivity contribution < 1.29 is 14.3 Å². The number of carbonyl (C=O) groups excluding carboxylic acids is 2. The molecule has 0 unspecified atom stereocenters. The Bertz CT molecular complexity index is 460. The maximum absolute atomic E-state index is 12.3. The average Bonchev–Trinajstić information content (AvgIpc) is 3.15. The van der Waals surface area contributed by atoms with Gasteiger partial charge in [-0.15, -0.1) is 5.10 Å². The van der Waals surface area contributed by atoms with Gasteiger partial charge in [0.25, 0.3) is 5.91 Å². The molecule has 1 heterocycles. The van der Waals surface area contributed by atoms with Gasteiger partial charge in [-0.05, 0) is 24.4 Å². The van der Waals surface area contributed by atoms with Gasteiger partial charge in [-0.3, -0.25) is 9.59 Å². The highest BCUT2D eigenvalue weighted by Gasteiger charge is 2.23. The topological polar surface area (TPSA) is 84.4 Å². The first-order chi connectivity index (χ1) is 10.2. The normalized spacial score (nSPS) is 15.1. The summed E-state index contributed by atoms with van der Waals surface area (Å²) in [4.78, 5) is 25.8. The summed E-state index contributed by atoms with van der Waals surface area (Å²) < 4.78 is 8.68. The molecule has 0 spiro atoms. The Balaban J connectivity index is 1.91. The van der Waals surface area contributed by atoms with Gasteiger partial charge in [-0.1, -0.05) is 17.3 Å². The van der Waals surface area contributed by atoms with Gasteiger partial charge in [-0.2, -0.15) is 0 Å². The fourth-order valence-electron chi connectivity index (χ4n) is 2.39. The number of rotatable bonds is 7. The summed E-state index contributed by atoms with van der Waals surface area (Å²) in [7, 11) is 1.56. The third kappa shape index (κ3) is 4.75. The van der Waals surface area contributed by atoms with E-state index in [4.69, 9.17) is 4.74 Å². The zero-order chi connectivity index (χ0) is 15.1. The molecule has 7 nitrogen and oxygen atoms in total. The first-order valence-electron chi connectivity index (χ1n) is 7.05. The second-order valence-electron chi connectivity index (χ2n) is 5.06. The van der Waals surface area contributed by atoms with E-state index in [1.807, 2.05) is 0 Å². The predicted octanol–water partition coefficient (Wildman–Crippen LogP) is 0.685. The predicted molar refractivity (Wildman–Crippen MR) is 78.1 cm³/mol. The molecular weight excluding hydrogens is 292 g/mol. The number of ether oxygens (including phenoxy) is 1. The molecule has 1 aromatic rings. The summed E-state index contributed by atoms with van der Waals surface area (Å²) >= 11 is 1.11. The van der Waals surface area contributed by atoms with Crippen LogP contribution in [0.5, 0.6) is 0 Å². The van der Waals surface area contributed by atoms with Crippen LogP contribution < -0.4 is 5.32 Å². The fraction of sp³-hybridized carbons (Fsp3) is 0.692. The van der Waals surface area contributed by atoms with Crippen molar-refractivity contribution in [3.05, 3.63) is 11.1 Å². The Morgan fingerprint density at radius 2 is 2.24 bits per heavy atom. The van der Waals surface area contributed by atoms with Crippen molar-refractivity contribution in [2.24, 2.45) is 0 Å². The summed E-state index contributed by atoms with van der Waals surface area (Å²) in [5.74, 6) is -0.420. The van der Waals surface area contributed by atoms with E-state index >= 15 is 0 Å². The standard InChI is InChI=1S/C13H20N4O3S/c1-20-7-6-17(13(19)11-9-21-16-15-11)8-12(18)14-10-4-2-3-5-10/h9-10H,2-8H2,1H3,(H,14,18).